The van der Waals surface area contributed by atoms with Crippen molar-refractivity contribution in [3.8, 4) is 0 Å². The molecule has 0 atom stereocenters. The topological polar surface area (TPSA) is 0 Å². The Morgan fingerprint density at radius 1 is 0.900 bits per heavy atom. The highest BCUT2D eigenvalue weighted by molar-refractivity contribution is 9.15. The van der Waals surface area contributed by atoms with Gasteiger partial charge in [0.1, 0.15) is 0 Å². The fourth-order valence-corrected chi connectivity index (χ4v) is 7.06. The quantitative estimate of drug-likeness (QED) is 0.458. The lowest BCUT2D eigenvalue weighted by molar-refractivity contribution is 0.642. The summed E-state index contributed by atoms with van der Waals surface area (Å²) in [5, 5.41) is 5.35. The Kier molecular flexibility index (Phi) is 3.68. The molecule has 0 aromatic heterocycles. The summed E-state index contributed by atoms with van der Waals surface area (Å²) in [6.45, 7) is 9.28. The maximum absolute atomic E-state index is 4.00. The van der Waals surface area contributed by atoms with Gasteiger partial charge in [-0.15, -0.1) is 0 Å². The van der Waals surface area contributed by atoms with E-state index in [1.54, 1.807) is 0 Å². The second-order valence-corrected chi connectivity index (χ2v) is 11.5. The smallest absolute Gasteiger partial charge is 0.0335 e. The van der Waals surface area contributed by atoms with Gasteiger partial charge in [-0.3, -0.25) is 0 Å². The normalized spacial score (nSPS) is 21.2. The number of allylic oxidation sites excluding steroid dienone is 5. The first-order chi connectivity index (χ1) is 14.2. The highest BCUT2D eigenvalue weighted by Gasteiger charge is 2.37. The average molecular weight is 518 g/mol. The zero-order valence-corrected chi connectivity index (χ0v) is 20.7. The van der Waals surface area contributed by atoms with Crippen LogP contribution in [0.1, 0.15) is 38.8 Å². The van der Waals surface area contributed by atoms with Crippen molar-refractivity contribution in [2.24, 2.45) is 10.8 Å². The minimum absolute atomic E-state index is 0.00727. The van der Waals surface area contributed by atoms with Gasteiger partial charge in [-0.2, -0.15) is 0 Å². The van der Waals surface area contributed by atoms with E-state index in [2.05, 4.69) is 120 Å². The second kappa shape index (κ2) is 5.87. The largest absolute Gasteiger partial charge is 0.0744 e. The van der Waals surface area contributed by atoms with Gasteiger partial charge in [-0.1, -0.05) is 92.2 Å². The Balaban J connectivity index is 1.85. The minimum Gasteiger partial charge on any atom is -0.0744 e. The number of halogens is 2. The summed E-state index contributed by atoms with van der Waals surface area (Å²) in [6, 6.07) is 11.2. The summed E-state index contributed by atoms with van der Waals surface area (Å²) in [6.07, 6.45) is 11.6. The molecule has 0 amide bonds. The minimum atomic E-state index is -0.0138. The molecule has 4 aliphatic rings. The Hall–Kier alpha value is -1.90. The molecule has 0 spiro atoms. The number of hydrogen-bond donors (Lipinski definition) is 0. The number of hydrogen-bond acceptors (Lipinski definition) is 0. The molecule has 0 radical (unpaired) electrons. The molecule has 0 unspecified atom stereocenters. The molecule has 0 saturated heterocycles. The van der Waals surface area contributed by atoms with Gasteiger partial charge < -0.3 is 0 Å². The molecule has 148 valence electrons. The molecule has 0 aliphatic heterocycles. The van der Waals surface area contributed by atoms with Crippen molar-refractivity contribution in [1.82, 2.24) is 0 Å². The molecule has 0 heterocycles. The highest BCUT2D eigenvalue weighted by atomic mass is 79.9. The molecule has 2 heteroatoms. The van der Waals surface area contributed by atoms with Crippen molar-refractivity contribution < 1.29 is 0 Å². The number of fused-ring (bicyclic) bond motifs is 7. The van der Waals surface area contributed by atoms with Crippen LogP contribution in [-0.2, 0) is 0 Å². The van der Waals surface area contributed by atoms with E-state index in [0.717, 1.165) is 0 Å². The monoisotopic (exact) mass is 516 g/mol. The summed E-state index contributed by atoms with van der Waals surface area (Å²) in [5.41, 5.74) is 8.20. The molecule has 0 N–H and O–H groups in total. The molecule has 4 aliphatic carbocycles. The lowest BCUT2D eigenvalue weighted by Crippen LogP contribution is -2.36. The molecule has 30 heavy (non-hydrogen) atoms. The Morgan fingerprint density at radius 3 is 2.47 bits per heavy atom. The van der Waals surface area contributed by atoms with Gasteiger partial charge in [0.05, 0.1) is 0 Å². The van der Waals surface area contributed by atoms with E-state index in [1.165, 1.54) is 63.2 Å². The number of benzene rings is 2. The van der Waals surface area contributed by atoms with Gasteiger partial charge in [0.2, 0.25) is 0 Å². The molecule has 0 nitrogen and oxygen atoms in total. The van der Waals surface area contributed by atoms with Gasteiger partial charge >= 0.3 is 0 Å². The lowest BCUT2D eigenvalue weighted by atomic mass is 9.76. The van der Waals surface area contributed by atoms with Crippen LogP contribution in [0, 0.1) is 10.8 Å². The SMILES string of the molecule is CC1(C)C=c2ccccc2=C2C1=Cc1c2c(Br)cc2c1=C(Br)C1=CC=CC(C)(C)C=21. The van der Waals surface area contributed by atoms with E-state index in [-0.39, 0.29) is 10.8 Å². The van der Waals surface area contributed by atoms with Crippen LogP contribution in [0.5, 0.6) is 0 Å². The van der Waals surface area contributed by atoms with E-state index in [1.807, 2.05) is 0 Å². The molecule has 2 aromatic rings. The van der Waals surface area contributed by atoms with Crippen molar-refractivity contribution in [3.63, 3.8) is 0 Å². The third kappa shape index (κ3) is 2.27. The van der Waals surface area contributed by atoms with Gasteiger partial charge in [0, 0.05) is 30.6 Å². The van der Waals surface area contributed by atoms with Gasteiger partial charge in [0.25, 0.3) is 0 Å². The summed E-state index contributed by atoms with van der Waals surface area (Å²) >= 11 is 7.99. The summed E-state index contributed by atoms with van der Waals surface area (Å²) in [4.78, 5) is 0. The molecule has 0 fully saturated rings. The van der Waals surface area contributed by atoms with Crippen LogP contribution in [0.2, 0.25) is 0 Å². The van der Waals surface area contributed by atoms with Crippen LogP contribution in [-0.4, -0.2) is 0 Å². The highest BCUT2D eigenvalue weighted by Crippen LogP contribution is 2.48. The van der Waals surface area contributed by atoms with Crippen LogP contribution in [0.15, 0.2) is 64.2 Å². The third-order valence-electron chi connectivity index (χ3n) is 6.98. The van der Waals surface area contributed by atoms with Crippen LogP contribution in [0.3, 0.4) is 0 Å². The predicted octanol–water partition coefficient (Wildman–Crippen LogP) is 5.06. The van der Waals surface area contributed by atoms with Crippen LogP contribution in [0.4, 0.5) is 0 Å². The Morgan fingerprint density at radius 2 is 1.67 bits per heavy atom. The maximum atomic E-state index is 4.00. The van der Waals surface area contributed by atoms with Crippen molar-refractivity contribution in [2.45, 2.75) is 27.7 Å². The third-order valence-corrected chi connectivity index (χ3v) is 8.43. The van der Waals surface area contributed by atoms with Crippen molar-refractivity contribution in [2.75, 3.05) is 0 Å². The molecular formula is C28H22Br2. The van der Waals surface area contributed by atoms with Crippen LogP contribution >= 0.6 is 31.9 Å². The van der Waals surface area contributed by atoms with E-state index in [0.29, 0.717) is 0 Å². The van der Waals surface area contributed by atoms with Gasteiger partial charge in [-0.05, 0) is 71.6 Å². The first kappa shape index (κ1) is 18.8. The van der Waals surface area contributed by atoms with Crippen molar-refractivity contribution >= 4 is 59.6 Å². The fraction of sp³-hybridized carbons (Fsp3) is 0.214. The van der Waals surface area contributed by atoms with Crippen molar-refractivity contribution in [3.05, 3.63) is 96.2 Å². The van der Waals surface area contributed by atoms with E-state index < -0.39 is 0 Å². The first-order valence-electron chi connectivity index (χ1n) is 10.4. The molecule has 0 saturated carbocycles. The van der Waals surface area contributed by atoms with E-state index in [9.17, 15) is 0 Å². The van der Waals surface area contributed by atoms with Crippen molar-refractivity contribution in [1.29, 1.82) is 0 Å². The van der Waals surface area contributed by atoms with Gasteiger partial charge in [-0.25, -0.2) is 0 Å². The molecular weight excluding hydrogens is 496 g/mol. The van der Waals surface area contributed by atoms with E-state index in [4.69, 9.17) is 0 Å². The number of rotatable bonds is 0. The Labute approximate surface area is 193 Å². The summed E-state index contributed by atoms with van der Waals surface area (Å²) < 4.78 is 2.41. The van der Waals surface area contributed by atoms with Crippen LogP contribution in [0.25, 0.3) is 27.8 Å². The molecule has 0 bridgehead atoms. The summed E-state index contributed by atoms with van der Waals surface area (Å²) in [5.74, 6) is 0. The predicted molar refractivity (Wildman–Crippen MR) is 135 cm³/mol. The zero-order valence-electron chi connectivity index (χ0n) is 17.5. The molecule has 2 aromatic carbocycles. The average Bonchev–Trinajstić information content (AvgIpc) is 3.20. The fourth-order valence-electron chi connectivity index (χ4n) is 5.67. The maximum Gasteiger partial charge on any atom is 0.0335 e. The second-order valence-electron chi connectivity index (χ2n) is 9.81. The van der Waals surface area contributed by atoms with Crippen LogP contribution < -0.4 is 20.9 Å². The zero-order chi connectivity index (χ0) is 21.0. The lowest BCUT2D eigenvalue weighted by Gasteiger charge is -2.28. The molecule has 6 rings (SSSR count). The first-order valence-corrected chi connectivity index (χ1v) is 12.0. The standard InChI is InChI=1S/C28H22Br2/c1-27(2)11-7-10-17-25(27)19-13-21(29)24-18(22(19)26(17)30)12-20-23(24)16-9-6-5-8-15(16)14-28(20,3)4/h5-14H,1-4H3. The van der Waals surface area contributed by atoms with Gasteiger partial charge in [0.15, 0.2) is 0 Å². The Bertz CT molecular complexity index is 1540. The van der Waals surface area contributed by atoms with E-state index >= 15 is 0 Å². The summed E-state index contributed by atoms with van der Waals surface area (Å²) in [7, 11) is 0.